The SMILES string of the molecule is CC(C)=CCC/C(C)=C/C[C@@]12C[C@@H]3C[C@@H]4C(C)(C)[C@@H](C(C)C)C[C@]4(C1=O)C(=O)[C@@](C(=O)C(C)C)(C2=O)C3(C)C. The first kappa shape index (κ1) is 30.1. The van der Waals surface area contributed by atoms with Crippen molar-refractivity contribution in [2.45, 2.75) is 115 Å². The molecule has 0 saturated heterocycles. The van der Waals surface area contributed by atoms with Crippen LogP contribution in [0.15, 0.2) is 23.3 Å². The predicted octanol–water partition coefficient (Wildman–Crippen LogP) is 7.74. The van der Waals surface area contributed by atoms with Crippen molar-refractivity contribution >= 4 is 23.1 Å². The van der Waals surface area contributed by atoms with Crippen LogP contribution in [0.1, 0.15) is 115 Å². The van der Waals surface area contributed by atoms with E-state index in [4.69, 9.17) is 0 Å². The largest absolute Gasteiger partial charge is 0.298 e. The fourth-order valence-corrected chi connectivity index (χ4v) is 9.87. The molecule has 1 spiro atoms. The van der Waals surface area contributed by atoms with Crippen molar-refractivity contribution in [3.8, 4) is 0 Å². The van der Waals surface area contributed by atoms with E-state index in [0.29, 0.717) is 25.2 Å². The average molecular weight is 537 g/mol. The summed E-state index contributed by atoms with van der Waals surface area (Å²) in [6.07, 6.45) is 8.02. The minimum absolute atomic E-state index is 0.0512. The molecule has 5 aliphatic rings. The lowest BCUT2D eigenvalue weighted by Crippen LogP contribution is -2.76. The van der Waals surface area contributed by atoms with E-state index in [1.54, 1.807) is 13.8 Å². The Labute approximate surface area is 236 Å². The number of ketones is 4. The zero-order valence-corrected chi connectivity index (χ0v) is 26.4. The Morgan fingerprint density at radius 1 is 0.897 bits per heavy atom. The summed E-state index contributed by atoms with van der Waals surface area (Å²) in [7, 11) is 0. The lowest BCUT2D eigenvalue weighted by molar-refractivity contribution is -0.189. The molecule has 0 N–H and O–H groups in total. The summed E-state index contributed by atoms with van der Waals surface area (Å²) in [5.74, 6) is -1.32. The number of hydrogen-bond donors (Lipinski definition) is 0. The van der Waals surface area contributed by atoms with Gasteiger partial charge in [0.2, 0.25) is 0 Å². The van der Waals surface area contributed by atoms with Gasteiger partial charge in [0.15, 0.2) is 28.5 Å². The van der Waals surface area contributed by atoms with Gasteiger partial charge in [0.1, 0.15) is 0 Å². The number of allylic oxidation sites excluding steroid dienone is 4. The second-order valence-corrected chi connectivity index (χ2v) is 15.7. The fourth-order valence-electron chi connectivity index (χ4n) is 9.87. The van der Waals surface area contributed by atoms with E-state index in [1.165, 1.54) is 5.57 Å². The maximum absolute atomic E-state index is 15.2. The van der Waals surface area contributed by atoms with Gasteiger partial charge in [0, 0.05) is 5.92 Å². The molecule has 4 bridgehead atoms. The molecule has 5 saturated carbocycles. The van der Waals surface area contributed by atoms with Gasteiger partial charge in [-0.15, -0.1) is 0 Å². The summed E-state index contributed by atoms with van der Waals surface area (Å²) in [5.41, 5.74) is -2.95. The highest BCUT2D eigenvalue weighted by Crippen LogP contribution is 2.77. The first-order valence-electron chi connectivity index (χ1n) is 15.3. The van der Waals surface area contributed by atoms with Gasteiger partial charge in [0.05, 0.1) is 10.8 Å². The van der Waals surface area contributed by atoms with Crippen LogP contribution in [-0.4, -0.2) is 23.1 Å². The van der Waals surface area contributed by atoms with Crippen molar-refractivity contribution in [3.63, 3.8) is 0 Å². The van der Waals surface area contributed by atoms with Crippen LogP contribution in [-0.2, 0) is 19.2 Å². The Bertz CT molecular complexity index is 1160. The van der Waals surface area contributed by atoms with Gasteiger partial charge in [-0.1, -0.05) is 78.7 Å². The summed E-state index contributed by atoms with van der Waals surface area (Å²) in [6, 6.07) is 0. The summed E-state index contributed by atoms with van der Waals surface area (Å²) >= 11 is 0. The highest BCUT2D eigenvalue weighted by molar-refractivity contribution is 6.40. The summed E-state index contributed by atoms with van der Waals surface area (Å²) in [4.78, 5) is 59.5. The smallest absolute Gasteiger partial charge is 0.168 e. The van der Waals surface area contributed by atoms with E-state index in [-0.39, 0.29) is 46.3 Å². The van der Waals surface area contributed by atoms with Gasteiger partial charge in [0.25, 0.3) is 0 Å². The normalized spacial score (nSPS) is 38.4. The standard InChI is InChI=1S/C35H52O4/c1-20(2)13-12-14-23(7)15-16-33-18-24-17-26-31(8,9)25(21(3)4)19-34(26,28(33)37)30(39)35(29(33)38,32(24,10)11)27(36)22(5)6/h13,15,21-22,24-26H,12,14,16-19H2,1-11H3/b23-15+/t24-,25+,26+,33+,34-,35+/m0/s1. The molecule has 0 heterocycles. The minimum Gasteiger partial charge on any atom is -0.298 e. The maximum Gasteiger partial charge on any atom is 0.168 e. The third-order valence-electron chi connectivity index (χ3n) is 12.0. The quantitative estimate of drug-likeness (QED) is 0.235. The molecule has 39 heavy (non-hydrogen) atoms. The second kappa shape index (κ2) is 9.35. The molecule has 0 radical (unpaired) electrons. The van der Waals surface area contributed by atoms with Crippen molar-refractivity contribution in [1.82, 2.24) is 0 Å². The Morgan fingerprint density at radius 3 is 2.05 bits per heavy atom. The van der Waals surface area contributed by atoms with Crippen LogP contribution < -0.4 is 0 Å². The molecule has 0 unspecified atom stereocenters. The first-order valence-corrected chi connectivity index (χ1v) is 15.3. The van der Waals surface area contributed by atoms with Crippen LogP contribution in [0.5, 0.6) is 0 Å². The van der Waals surface area contributed by atoms with E-state index in [9.17, 15) is 9.59 Å². The second-order valence-electron chi connectivity index (χ2n) is 15.7. The van der Waals surface area contributed by atoms with E-state index in [2.05, 4.69) is 60.6 Å². The van der Waals surface area contributed by atoms with Gasteiger partial charge >= 0.3 is 0 Å². The summed E-state index contributed by atoms with van der Waals surface area (Å²) < 4.78 is 0. The number of carbonyl (C=O) groups is 4. The fraction of sp³-hybridized carbons (Fsp3) is 0.771. The molecule has 0 amide bonds. The lowest BCUT2D eigenvalue weighted by Gasteiger charge is -2.60. The number of carbonyl (C=O) groups excluding carboxylic acids is 4. The predicted molar refractivity (Wildman–Crippen MR) is 156 cm³/mol. The van der Waals surface area contributed by atoms with E-state index in [0.717, 1.165) is 24.8 Å². The maximum atomic E-state index is 15.2. The van der Waals surface area contributed by atoms with Crippen LogP contribution in [0.3, 0.4) is 0 Å². The highest BCUT2D eigenvalue weighted by atomic mass is 16.2. The number of Topliss-reactive ketones (excluding diaryl/α,β-unsaturated/α-hetero) is 4. The van der Waals surface area contributed by atoms with E-state index < -0.39 is 27.6 Å². The lowest BCUT2D eigenvalue weighted by atomic mass is 9.36. The van der Waals surface area contributed by atoms with E-state index in [1.807, 2.05) is 13.8 Å². The Morgan fingerprint density at radius 2 is 1.51 bits per heavy atom. The Kier molecular flexibility index (Phi) is 7.22. The molecule has 6 atom stereocenters. The molecule has 5 rings (SSSR count). The van der Waals surface area contributed by atoms with Gasteiger partial charge in [-0.25, -0.2) is 0 Å². The molecule has 4 nitrogen and oxygen atoms in total. The van der Waals surface area contributed by atoms with Crippen molar-refractivity contribution < 1.29 is 19.2 Å². The molecule has 216 valence electrons. The van der Waals surface area contributed by atoms with Crippen LogP contribution in [0, 0.1) is 56.7 Å². The molecule has 0 aromatic carbocycles. The topological polar surface area (TPSA) is 68.3 Å². The van der Waals surface area contributed by atoms with Crippen molar-refractivity contribution in [2.75, 3.05) is 0 Å². The molecular weight excluding hydrogens is 484 g/mol. The molecule has 4 heteroatoms. The average Bonchev–Trinajstić information content (AvgIpc) is 2.97. The van der Waals surface area contributed by atoms with E-state index >= 15 is 9.59 Å². The molecule has 0 aromatic heterocycles. The third-order valence-corrected chi connectivity index (χ3v) is 12.0. The van der Waals surface area contributed by atoms with Gasteiger partial charge in [-0.3, -0.25) is 19.2 Å². The van der Waals surface area contributed by atoms with Crippen LogP contribution in [0.25, 0.3) is 0 Å². The Balaban J connectivity index is 1.98. The van der Waals surface area contributed by atoms with Crippen LogP contribution in [0.2, 0.25) is 0 Å². The van der Waals surface area contributed by atoms with Crippen molar-refractivity contribution in [2.24, 2.45) is 56.7 Å². The van der Waals surface area contributed by atoms with Crippen molar-refractivity contribution in [3.05, 3.63) is 23.3 Å². The summed E-state index contributed by atoms with van der Waals surface area (Å²) in [6.45, 7) is 22.6. The number of rotatable bonds is 8. The Hall–Kier alpha value is -1.84. The summed E-state index contributed by atoms with van der Waals surface area (Å²) in [5, 5.41) is 0. The highest BCUT2D eigenvalue weighted by Gasteiger charge is 2.86. The molecule has 5 aliphatic carbocycles. The first-order chi connectivity index (χ1) is 17.9. The van der Waals surface area contributed by atoms with Crippen molar-refractivity contribution in [1.29, 1.82) is 0 Å². The van der Waals surface area contributed by atoms with Gasteiger partial charge < -0.3 is 0 Å². The van der Waals surface area contributed by atoms with Crippen LogP contribution >= 0.6 is 0 Å². The minimum atomic E-state index is -1.75. The number of hydrogen-bond acceptors (Lipinski definition) is 4. The zero-order valence-electron chi connectivity index (χ0n) is 26.4. The van der Waals surface area contributed by atoms with Gasteiger partial charge in [-0.2, -0.15) is 0 Å². The third kappa shape index (κ3) is 3.67. The molecule has 0 aromatic rings. The zero-order chi connectivity index (χ0) is 29.5. The molecule has 5 fully saturated rings. The van der Waals surface area contributed by atoms with Crippen LogP contribution in [0.4, 0.5) is 0 Å². The molecular formula is C35H52O4. The monoisotopic (exact) mass is 536 g/mol. The molecule has 0 aliphatic heterocycles. The van der Waals surface area contributed by atoms with Gasteiger partial charge in [-0.05, 0) is 93.8 Å².